The first kappa shape index (κ1) is 39.5. The first-order valence-corrected chi connectivity index (χ1v) is 10.7. The number of hydrogen-bond donors (Lipinski definition) is 0. The number of hydrogen-bond acceptors (Lipinski definition) is 2. The standard InChI is InChI=1S/C15H23Cl2N2OP.C3H8.CH3.ClH.Li.Ni/c1-14(2,3)21(15(4,5)6)9-13(20)18-10-7-11(16)19-12(17)8-10;1-3-2;;;;/h7-8H,9H2,1-6H3,(H,18,19,20);3H2,1-2H3;1H3;1H;;/q;;-1;;+1;+2/p-1. The summed E-state index contributed by atoms with van der Waals surface area (Å²) in [4.78, 5) is 16.1. The quantitative estimate of drug-likeness (QED) is 0.269. The van der Waals surface area contributed by atoms with Crippen LogP contribution in [0.5, 0.6) is 0 Å². The molecule has 0 atom stereocenters. The zero-order valence-corrected chi connectivity index (χ0v) is 23.1. The predicted octanol–water partition coefficient (Wildman–Crippen LogP) is 1.60. The number of halogens is 3. The first-order chi connectivity index (χ1) is 10.8. The van der Waals surface area contributed by atoms with Gasteiger partial charge in [0.05, 0.1) is 22.4 Å². The van der Waals surface area contributed by atoms with Crippen LogP contribution < -0.4 is 31.3 Å². The summed E-state index contributed by atoms with van der Waals surface area (Å²) in [5.41, 5.74) is 0.467. The number of carbonyl (C=O) groups excluding carboxylic acids is 1. The molecule has 28 heavy (non-hydrogen) atoms. The van der Waals surface area contributed by atoms with Crippen LogP contribution in [0.15, 0.2) is 12.1 Å². The summed E-state index contributed by atoms with van der Waals surface area (Å²) in [6.07, 6.45) is 1.75. The van der Waals surface area contributed by atoms with E-state index in [4.69, 9.17) is 23.2 Å². The first-order valence-electron chi connectivity index (χ1n) is 8.25. The Kier molecular flexibility index (Phi) is 24.9. The molecule has 1 rings (SSSR count). The van der Waals surface area contributed by atoms with Gasteiger partial charge in [-0.1, -0.05) is 43.5 Å². The molecule has 3 nitrogen and oxygen atoms in total. The fraction of sp³-hybridized carbons (Fsp3) is 0.632. The third-order valence-corrected chi connectivity index (χ3v) is 7.80. The van der Waals surface area contributed by atoms with Crippen molar-refractivity contribution in [2.45, 2.75) is 72.1 Å². The van der Waals surface area contributed by atoms with Crippen molar-refractivity contribution in [2.75, 3.05) is 6.16 Å². The summed E-state index contributed by atoms with van der Waals surface area (Å²) < 4.78 is 0. The summed E-state index contributed by atoms with van der Waals surface area (Å²) in [6, 6.07) is 3.10. The topological polar surface area (TPSA) is 44.1 Å². The minimum absolute atomic E-state index is 0. The zero-order chi connectivity index (χ0) is 19.1. The molecule has 0 radical (unpaired) electrons. The molecule has 0 aliphatic heterocycles. The monoisotopic (exact) mass is 507 g/mol. The number of aromatic nitrogens is 1. The molecular formula is C19H34Cl3LiN2NiOP+. The van der Waals surface area contributed by atoms with E-state index < -0.39 is 7.92 Å². The largest absolute Gasteiger partial charge is 2.00 e. The van der Waals surface area contributed by atoms with Crippen molar-refractivity contribution in [1.82, 2.24) is 4.98 Å². The normalized spacial score (nSPS) is 10.1. The summed E-state index contributed by atoms with van der Waals surface area (Å²) in [5.74, 6) is -0.118. The SMILES string of the molecule is CC(C)(C)[PH+](CC(=O)[N-]c1cc(Cl)nc(Cl)c1)C(C)(C)C.CCC.[CH3-].[Cl-].[Li+].[Ni+2]. The number of amides is 1. The van der Waals surface area contributed by atoms with Crippen LogP contribution >= 0.6 is 31.1 Å². The van der Waals surface area contributed by atoms with Crippen LogP contribution in [0.1, 0.15) is 61.8 Å². The smallest absolute Gasteiger partial charge is 1.00 e. The molecular weight excluding hydrogens is 475 g/mol. The molecule has 9 heteroatoms. The maximum atomic E-state index is 12.3. The van der Waals surface area contributed by atoms with E-state index in [1.165, 1.54) is 6.42 Å². The van der Waals surface area contributed by atoms with Gasteiger partial charge in [-0.2, -0.15) is 0 Å². The molecule has 1 amide bonds. The Hall–Kier alpha value is 1.01. The van der Waals surface area contributed by atoms with Gasteiger partial charge in [-0.25, -0.2) is 4.98 Å². The van der Waals surface area contributed by atoms with Crippen LogP contribution in [0, 0.1) is 7.43 Å². The Morgan fingerprint density at radius 2 is 1.36 bits per heavy atom. The molecule has 0 aliphatic carbocycles. The molecule has 0 bridgehead atoms. The third kappa shape index (κ3) is 16.8. The Bertz CT molecular complexity index is 519. The van der Waals surface area contributed by atoms with Crippen molar-refractivity contribution in [3.63, 3.8) is 0 Å². The van der Waals surface area contributed by atoms with Crippen LogP contribution in [0.3, 0.4) is 0 Å². The van der Waals surface area contributed by atoms with Gasteiger partial charge in [0, 0.05) is 7.92 Å². The van der Waals surface area contributed by atoms with E-state index in [0.717, 1.165) is 0 Å². The molecule has 0 saturated heterocycles. The molecule has 0 saturated carbocycles. The fourth-order valence-electron chi connectivity index (χ4n) is 2.51. The second kappa shape index (κ2) is 17.7. The van der Waals surface area contributed by atoms with Gasteiger partial charge >= 0.3 is 35.4 Å². The van der Waals surface area contributed by atoms with Crippen molar-refractivity contribution in [1.29, 1.82) is 0 Å². The number of pyridine rings is 1. The molecule has 1 aromatic heterocycles. The molecule has 0 fully saturated rings. The maximum Gasteiger partial charge on any atom is 2.00 e. The van der Waals surface area contributed by atoms with Gasteiger partial charge in [0.25, 0.3) is 0 Å². The van der Waals surface area contributed by atoms with E-state index >= 15 is 0 Å². The van der Waals surface area contributed by atoms with Gasteiger partial charge in [0.2, 0.25) is 0 Å². The zero-order valence-electron chi connectivity index (χ0n) is 18.8. The van der Waals surface area contributed by atoms with E-state index in [2.05, 4.69) is 65.7 Å². The Morgan fingerprint density at radius 3 is 1.64 bits per heavy atom. The molecule has 0 aliphatic rings. The van der Waals surface area contributed by atoms with Crippen molar-refractivity contribution in [3.8, 4) is 0 Å². The van der Waals surface area contributed by atoms with Crippen molar-refractivity contribution >= 4 is 42.7 Å². The average molecular weight is 509 g/mol. The van der Waals surface area contributed by atoms with Crippen LogP contribution in [0.25, 0.3) is 5.32 Å². The summed E-state index contributed by atoms with van der Waals surface area (Å²) in [6.45, 7) is 17.4. The van der Waals surface area contributed by atoms with Crippen molar-refractivity contribution in [2.24, 2.45) is 0 Å². The van der Waals surface area contributed by atoms with Gasteiger partial charge < -0.3 is 29.9 Å². The minimum Gasteiger partial charge on any atom is -1.00 e. The average Bonchev–Trinajstić information content (AvgIpc) is 2.32. The molecule has 0 aromatic carbocycles. The van der Waals surface area contributed by atoms with Gasteiger partial charge in [0.1, 0.15) is 10.3 Å². The van der Waals surface area contributed by atoms with E-state index in [0.29, 0.717) is 11.8 Å². The molecule has 0 unspecified atom stereocenters. The molecule has 162 valence electrons. The van der Waals surface area contributed by atoms with E-state index in [1.807, 2.05) is 0 Å². The van der Waals surface area contributed by atoms with Crippen LogP contribution in [-0.4, -0.2) is 27.4 Å². The summed E-state index contributed by atoms with van der Waals surface area (Å²) in [5, 5.41) is 4.86. The van der Waals surface area contributed by atoms with Crippen molar-refractivity contribution in [3.05, 3.63) is 35.2 Å². The molecule has 0 N–H and O–H groups in total. The Balaban J connectivity index is -0.000000236. The Labute approximate surface area is 212 Å². The van der Waals surface area contributed by atoms with Crippen LogP contribution in [0.4, 0.5) is 5.69 Å². The Morgan fingerprint density at radius 1 is 1.04 bits per heavy atom. The van der Waals surface area contributed by atoms with Gasteiger partial charge in [-0.05, 0) is 53.7 Å². The van der Waals surface area contributed by atoms with E-state index in [-0.39, 0.29) is 81.7 Å². The molecule has 0 spiro atoms. The summed E-state index contributed by atoms with van der Waals surface area (Å²) >= 11 is 11.6. The number of carbonyl (C=O) groups is 1. The van der Waals surface area contributed by atoms with Gasteiger partial charge in [0.15, 0.2) is 0 Å². The second-order valence-electron chi connectivity index (χ2n) is 7.84. The molecule has 1 aromatic rings. The summed E-state index contributed by atoms with van der Waals surface area (Å²) in [7, 11) is -0.939. The third-order valence-electron chi connectivity index (χ3n) is 3.14. The van der Waals surface area contributed by atoms with Crippen LogP contribution in [0.2, 0.25) is 10.3 Å². The fourth-order valence-corrected chi connectivity index (χ4v) is 6.65. The van der Waals surface area contributed by atoms with Gasteiger partial charge in [-0.3, -0.25) is 0 Å². The minimum atomic E-state index is -0.939. The maximum absolute atomic E-state index is 12.3. The van der Waals surface area contributed by atoms with Crippen LogP contribution in [-0.2, 0) is 21.3 Å². The van der Waals surface area contributed by atoms with Gasteiger partial charge in [-0.15, -0.1) is 5.69 Å². The second-order valence-corrected chi connectivity index (χ2v) is 12.9. The van der Waals surface area contributed by atoms with E-state index in [9.17, 15) is 4.79 Å². The predicted molar refractivity (Wildman–Crippen MR) is 117 cm³/mol. The number of nitrogens with zero attached hydrogens (tertiary/aromatic N) is 2. The van der Waals surface area contributed by atoms with E-state index in [1.54, 1.807) is 12.1 Å². The molecule has 1 heterocycles. The van der Waals surface area contributed by atoms with Crippen molar-refractivity contribution < 1.29 is 52.6 Å². The number of rotatable bonds is 3.